The highest BCUT2D eigenvalue weighted by Crippen LogP contribution is 2.26. The molecule has 4 nitrogen and oxygen atoms in total. The molecule has 2 heterocycles. The van der Waals surface area contributed by atoms with Gasteiger partial charge in [-0.25, -0.2) is 9.97 Å². The fourth-order valence-corrected chi connectivity index (χ4v) is 2.69. The molecule has 0 aliphatic carbocycles. The number of nitrogens with one attached hydrogen (secondary N) is 1. The number of rotatable bonds is 3. The lowest BCUT2D eigenvalue weighted by Gasteiger charge is -2.03. The smallest absolute Gasteiger partial charge is 0.172 e. The van der Waals surface area contributed by atoms with Crippen LogP contribution in [0.15, 0.2) is 46.7 Å². The first-order valence-electron chi connectivity index (χ1n) is 6.40. The minimum atomic E-state index is -0.490. The van der Waals surface area contributed by atoms with Gasteiger partial charge in [-0.15, -0.1) is 0 Å². The fraction of sp³-hybridized carbons (Fsp3) is 0.200. The number of H-pyrrole nitrogens is 1. The van der Waals surface area contributed by atoms with Crippen LogP contribution < -0.4 is 0 Å². The van der Waals surface area contributed by atoms with Crippen LogP contribution in [0, 0.1) is 6.92 Å². The molecular weight excluding hydrogens is 270 g/mol. The maximum atomic E-state index is 9.46. The van der Waals surface area contributed by atoms with Crippen LogP contribution in [0.4, 0.5) is 0 Å². The van der Waals surface area contributed by atoms with E-state index in [4.69, 9.17) is 0 Å². The second-order valence-corrected chi connectivity index (χ2v) is 5.78. The van der Waals surface area contributed by atoms with Crippen molar-refractivity contribution < 1.29 is 5.11 Å². The molecule has 0 aliphatic rings. The van der Waals surface area contributed by atoms with Gasteiger partial charge in [0.15, 0.2) is 5.16 Å². The van der Waals surface area contributed by atoms with E-state index in [0.717, 1.165) is 26.8 Å². The van der Waals surface area contributed by atoms with Gasteiger partial charge < -0.3 is 10.1 Å². The molecule has 0 bridgehead atoms. The number of pyridine rings is 1. The van der Waals surface area contributed by atoms with Gasteiger partial charge in [-0.3, -0.25) is 0 Å². The Kier molecular flexibility index (Phi) is 3.46. The molecule has 2 N–H and O–H groups in total. The van der Waals surface area contributed by atoms with E-state index in [1.807, 2.05) is 24.3 Å². The summed E-state index contributed by atoms with van der Waals surface area (Å²) in [5.74, 6) is 0. The zero-order valence-electron chi connectivity index (χ0n) is 11.3. The molecular formula is C15H15N3OS. The predicted molar refractivity (Wildman–Crippen MR) is 79.8 cm³/mol. The molecule has 0 saturated carbocycles. The zero-order chi connectivity index (χ0) is 14.1. The molecule has 0 radical (unpaired) electrons. The molecule has 20 heavy (non-hydrogen) atoms. The standard InChI is InChI=1S/C15H15N3OS/c1-9-3-5-12-13(7-9)18-15(17-12)20-14-6-4-11(8-16-14)10(2)19/h3-8,10,19H,1-2H3,(H,17,18). The Morgan fingerprint density at radius 3 is 2.80 bits per heavy atom. The predicted octanol–water partition coefficient (Wildman–Crippen LogP) is 3.47. The highest BCUT2D eigenvalue weighted by atomic mass is 32.2. The number of hydrogen-bond donors (Lipinski definition) is 2. The molecule has 0 amide bonds. The molecule has 0 spiro atoms. The topological polar surface area (TPSA) is 61.8 Å². The Morgan fingerprint density at radius 1 is 1.25 bits per heavy atom. The Morgan fingerprint density at radius 2 is 2.10 bits per heavy atom. The number of aliphatic hydroxyl groups excluding tert-OH is 1. The molecule has 102 valence electrons. The van der Waals surface area contributed by atoms with Crippen molar-refractivity contribution in [1.29, 1.82) is 0 Å². The number of benzene rings is 1. The summed E-state index contributed by atoms with van der Waals surface area (Å²) in [4.78, 5) is 12.1. The molecule has 3 rings (SSSR count). The maximum Gasteiger partial charge on any atom is 0.172 e. The van der Waals surface area contributed by atoms with E-state index in [1.54, 1.807) is 13.1 Å². The number of imidazole rings is 1. The van der Waals surface area contributed by atoms with Crippen molar-refractivity contribution in [3.8, 4) is 0 Å². The largest absolute Gasteiger partial charge is 0.389 e. The summed E-state index contributed by atoms with van der Waals surface area (Å²) < 4.78 is 0. The zero-order valence-corrected chi connectivity index (χ0v) is 12.1. The normalized spacial score (nSPS) is 12.8. The minimum Gasteiger partial charge on any atom is -0.389 e. The van der Waals surface area contributed by atoms with Gasteiger partial charge >= 0.3 is 0 Å². The molecule has 1 atom stereocenters. The third kappa shape index (κ3) is 2.69. The van der Waals surface area contributed by atoms with E-state index in [2.05, 4.69) is 27.9 Å². The third-order valence-corrected chi connectivity index (χ3v) is 3.90. The monoisotopic (exact) mass is 285 g/mol. The second-order valence-electron chi connectivity index (χ2n) is 4.77. The van der Waals surface area contributed by atoms with Crippen molar-refractivity contribution >= 4 is 22.8 Å². The lowest BCUT2D eigenvalue weighted by molar-refractivity contribution is 0.198. The first-order chi connectivity index (χ1) is 9.61. The summed E-state index contributed by atoms with van der Waals surface area (Å²) in [6.45, 7) is 3.79. The summed E-state index contributed by atoms with van der Waals surface area (Å²) in [6.07, 6.45) is 1.20. The van der Waals surface area contributed by atoms with Crippen LogP contribution in [-0.2, 0) is 0 Å². The number of aromatic amines is 1. The van der Waals surface area contributed by atoms with Crippen molar-refractivity contribution in [3.63, 3.8) is 0 Å². The van der Waals surface area contributed by atoms with Gasteiger partial charge in [0.1, 0.15) is 5.03 Å². The highest BCUT2D eigenvalue weighted by molar-refractivity contribution is 7.99. The van der Waals surface area contributed by atoms with Crippen LogP contribution in [0.5, 0.6) is 0 Å². The molecule has 0 aliphatic heterocycles. The van der Waals surface area contributed by atoms with Gasteiger partial charge in [-0.1, -0.05) is 12.1 Å². The van der Waals surface area contributed by atoms with E-state index in [1.165, 1.54) is 17.3 Å². The highest BCUT2D eigenvalue weighted by Gasteiger charge is 2.07. The van der Waals surface area contributed by atoms with Gasteiger partial charge in [-0.05, 0) is 54.9 Å². The Hall–Kier alpha value is -1.85. The van der Waals surface area contributed by atoms with Crippen LogP contribution in [0.1, 0.15) is 24.2 Å². The van der Waals surface area contributed by atoms with Crippen molar-refractivity contribution in [2.75, 3.05) is 0 Å². The van der Waals surface area contributed by atoms with E-state index < -0.39 is 6.10 Å². The quantitative estimate of drug-likeness (QED) is 0.773. The third-order valence-electron chi connectivity index (χ3n) is 3.06. The number of fused-ring (bicyclic) bond motifs is 1. The number of aliphatic hydroxyl groups is 1. The van der Waals surface area contributed by atoms with E-state index in [9.17, 15) is 5.11 Å². The Balaban J connectivity index is 1.85. The molecule has 3 aromatic rings. The number of aromatic nitrogens is 3. The number of aryl methyl sites for hydroxylation is 1. The van der Waals surface area contributed by atoms with Crippen molar-refractivity contribution in [1.82, 2.24) is 15.0 Å². The second kappa shape index (κ2) is 5.26. The van der Waals surface area contributed by atoms with E-state index >= 15 is 0 Å². The minimum absolute atomic E-state index is 0.490. The van der Waals surface area contributed by atoms with Crippen LogP contribution in [0.25, 0.3) is 11.0 Å². The Labute approximate surface area is 121 Å². The van der Waals surface area contributed by atoms with Crippen LogP contribution in [0.2, 0.25) is 0 Å². The average Bonchev–Trinajstić information content (AvgIpc) is 2.80. The average molecular weight is 285 g/mol. The summed E-state index contributed by atoms with van der Waals surface area (Å²) in [5.41, 5.74) is 4.01. The molecule has 1 unspecified atom stereocenters. The first-order valence-corrected chi connectivity index (χ1v) is 7.22. The summed E-state index contributed by atoms with van der Waals surface area (Å²) in [7, 11) is 0. The van der Waals surface area contributed by atoms with Crippen LogP contribution in [0.3, 0.4) is 0 Å². The molecule has 5 heteroatoms. The van der Waals surface area contributed by atoms with E-state index in [-0.39, 0.29) is 0 Å². The summed E-state index contributed by atoms with van der Waals surface area (Å²) >= 11 is 1.48. The number of nitrogens with zero attached hydrogens (tertiary/aromatic N) is 2. The molecule has 1 aromatic carbocycles. The molecule has 0 fully saturated rings. The first kappa shape index (κ1) is 13.1. The summed E-state index contributed by atoms with van der Waals surface area (Å²) in [6, 6.07) is 9.91. The van der Waals surface area contributed by atoms with Crippen molar-refractivity contribution in [3.05, 3.63) is 47.7 Å². The van der Waals surface area contributed by atoms with E-state index in [0.29, 0.717) is 0 Å². The number of hydrogen-bond acceptors (Lipinski definition) is 4. The van der Waals surface area contributed by atoms with Crippen LogP contribution in [-0.4, -0.2) is 20.1 Å². The van der Waals surface area contributed by atoms with Gasteiger partial charge in [0.2, 0.25) is 0 Å². The molecule has 2 aromatic heterocycles. The van der Waals surface area contributed by atoms with Gasteiger partial charge in [0.05, 0.1) is 17.1 Å². The van der Waals surface area contributed by atoms with Crippen LogP contribution >= 0.6 is 11.8 Å². The van der Waals surface area contributed by atoms with Gasteiger partial charge in [-0.2, -0.15) is 0 Å². The van der Waals surface area contributed by atoms with Gasteiger partial charge in [0, 0.05) is 6.20 Å². The van der Waals surface area contributed by atoms with Crippen molar-refractivity contribution in [2.45, 2.75) is 30.1 Å². The lowest BCUT2D eigenvalue weighted by Crippen LogP contribution is -1.92. The SMILES string of the molecule is Cc1ccc2nc(Sc3ccc(C(C)O)cn3)[nH]c2c1. The van der Waals surface area contributed by atoms with Crippen molar-refractivity contribution in [2.24, 2.45) is 0 Å². The van der Waals surface area contributed by atoms with Gasteiger partial charge in [0.25, 0.3) is 0 Å². The summed E-state index contributed by atoms with van der Waals surface area (Å²) in [5, 5.41) is 11.1. The fourth-order valence-electron chi connectivity index (χ4n) is 1.95. The maximum absolute atomic E-state index is 9.46. The molecule has 0 saturated heterocycles. The lowest BCUT2D eigenvalue weighted by atomic mass is 10.2. The Bertz CT molecular complexity index is 734.